The number of hydrogen-bond acceptors (Lipinski definition) is 1. The molecule has 2 heterocycles. The van der Waals surface area contributed by atoms with Gasteiger partial charge in [-0.2, -0.15) is 0 Å². The first-order valence-corrected chi connectivity index (χ1v) is 20.8. The van der Waals surface area contributed by atoms with Crippen LogP contribution in [0.25, 0.3) is 66.1 Å². The first kappa shape index (κ1) is 36.5. The maximum atomic E-state index is 2.43. The van der Waals surface area contributed by atoms with Crippen LogP contribution >= 0.6 is 0 Å². The third-order valence-corrected chi connectivity index (χ3v) is 12.0. The number of benzene rings is 8. The van der Waals surface area contributed by atoms with Crippen molar-refractivity contribution in [3.05, 3.63) is 199 Å². The summed E-state index contributed by atoms with van der Waals surface area (Å²) in [6.07, 6.45) is 0. The van der Waals surface area contributed by atoms with Crippen LogP contribution in [0.3, 0.4) is 0 Å². The molecule has 0 aliphatic heterocycles. The number of aromatic nitrogens is 2. The summed E-state index contributed by atoms with van der Waals surface area (Å²) in [5, 5.41) is 5.11. The summed E-state index contributed by atoms with van der Waals surface area (Å²) in [5.74, 6) is 0. The molecule has 0 saturated heterocycles. The van der Waals surface area contributed by atoms with E-state index in [4.69, 9.17) is 0 Å². The van der Waals surface area contributed by atoms with Gasteiger partial charge in [0, 0.05) is 50.0 Å². The molecular weight excluding hydrogens is 715 g/mol. The molecule has 0 unspecified atom stereocenters. The number of hydrogen-bond donors (Lipinski definition) is 0. The molecule has 0 radical (unpaired) electrons. The molecule has 10 aromatic rings. The van der Waals surface area contributed by atoms with Crippen LogP contribution in [0.4, 0.5) is 17.1 Å². The van der Waals surface area contributed by atoms with Crippen LogP contribution in [0.1, 0.15) is 52.7 Å². The third kappa shape index (κ3) is 6.38. The second-order valence-electron chi connectivity index (χ2n) is 18.0. The Morgan fingerprint density at radius 1 is 0.322 bits per heavy atom. The zero-order valence-corrected chi connectivity index (χ0v) is 34.7. The summed E-state index contributed by atoms with van der Waals surface area (Å²) in [6, 6.07) is 69.1. The van der Waals surface area contributed by atoms with Gasteiger partial charge in [-0.1, -0.05) is 126 Å². The predicted molar refractivity (Wildman–Crippen MR) is 253 cm³/mol. The van der Waals surface area contributed by atoms with Gasteiger partial charge in [-0.25, -0.2) is 0 Å². The second-order valence-corrected chi connectivity index (χ2v) is 18.0. The Labute approximate surface area is 347 Å². The topological polar surface area (TPSA) is 13.1 Å². The summed E-state index contributed by atoms with van der Waals surface area (Å²) >= 11 is 0. The Morgan fingerprint density at radius 2 is 0.729 bits per heavy atom. The molecule has 0 N–H and O–H groups in total. The highest BCUT2D eigenvalue weighted by molar-refractivity contribution is 6.11. The summed E-state index contributed by atoms with van der Waals surface area (Å²) in [5.41, 5.74) is 15.7. The minimum absolute atomic E-state index is 0.0584. The van der Waals surface area contributed by atoms with E-state index in [1.54, 1.807) is 0 Å². The molecule has 0 saturated carbocycles. The first-order valence-electron chi connectivity index (χ1n) is 20.8. The summed E-state index contributed by atoms with van der Waals surface area (Å²) in [4.78, 5) is 2.35. The van der Waals surface area contributed by atoms with E-state index >= 15 is 0 Å². The Hall–Kier alpha value is -6.84. The molecule has 8 aromatic carbocycles. The molecule has 288 valence electrons. The van der Waals surface area contributed by atoms with Gasteiger partial charge in [-0.05, 0) is 136 Å². The van der Waals surface area contributed by atoms with Gasteiger partial charge in [0.15, 0.2) is 0 Å². The lowest BCUT2D eigenvalue weighted by Crippen LogP contribution is -2.10. The Balaban J connectivity index is 1.04. The lowest BCUT2D eigenvalue weighted by atomic mass is 9.85. The van der Waals surface area contributed by atoms with Gasteiger partial charge in [0.1, 0.15) is 0 Å². The molecule has 0 spiro atoms. The van der Waals surface area contributed by atoms with E-state index < -0.39 is 0 Å². The van der Waals surface area contributed by atoms with Crippen molar-refractivity contribution >= 4 is 60.7 Å². The second kappa shape index (κ2) is 13.9. The van der Waals surface area contributed by atoms with E-state index in [1.807, 2.05) is 0 Å². The zero-order valence-electron chi connectivity index (χ0n) is 34.7. The molecule has 0 fully saturated rings. The van der Waals surface area contributed by atoms with Crippen LogP contribution in [-0.2, 0) is 10.8 Å². The van der Waals surface area contributed by atoms with Crippen LogP contribution in [-0.4, -0.2) is 9.13 Å². The van der Waals surface area contributed by atoms with E-state index in [-0.39, 0.29) is 10.8 Å². The van der Waals surface area contributed by atoms with Crippen molar-refractivity contribution in [2.75, 3.05) is 4.90 Å². The van der Waals surface area contributed by atoms with Gasteiger partial charge >= 0.3 is 0 Å². The van der Waals surface area contributed by atoms with Crippen molar-refractivity contribution in [2.24, 2.45) is 0 Å². The molecule has 0 aliphatic carbocycles. The number of fused-ring (bicyclic) bond motifs is 6. The molecule has 0 aliphatic rings. The van der Waals surface area contributed by atoms with Crippen LogP contribution in [0.15, 0.2) is 188 Å². The van der Waals surface area contributed by atoms with Gasteiger partial charge in [-0.15, -0.1) is 0 Å². The number of para-hydroxylation sites is 3. The number of rotatable bonds is 6. The minimum atomic E-state index is 0.0584. The normalized spacial score (nSPS) is 12.2. The maximum absolute atomic E-state index is 2.43. The largest absolute Gasteiger partial charge is 0.311 e. The standard InChI is InChI=1S/C56H49N3/c1-55(2,3)40-24-33-53-49(36-40)50-37-41(56(4,5)6)25-34-54(50)59(53)46-30-28-45(29-31-46)57(42-15-9-7-10-16-42)44-26-21-38(22-27-44)39-23-32-52-48(35-39)47-19-13-14-20-51(47)58(52)43-17-11-8-12-18-43/h7-37H,1-6H3. The molecule has 10 rings (SSSR count). The van der Waals surface area contributed by atoms with Gasteiger partial charge in [0.05, 0.1) is 22.1 Å². The van der Waals surface area contributed by atoms with E-state index in [0.717, 1.165) is 22.7 Å². The van der Waals surface area contributed by atoms with E-state index in [9.17, 15) is 0 Å². The van der Waals surface area contributed by atoms with Crippen LogP contribution in [0.2, 0.25) is 0 Å². The van der Waals surface area contributed by atoms with Crippen molar-refractivity contribution in [3.63, 3.8) is 0 Å². The maximum Gasteiger partial charge on any atom is 0.0541 e. The molecule has 3 heteroatoms. The molecule has 3 nitrogen and oxygen atoms in total. The Morgan fingerprint density at radius 3 is 1.29 bits per heavy atom. The Kier molecular flexibility index (Phi) is 8.61. The fourth-order valence-electron chi connectivity index (χ4n) is 8.82. The first-order chi connectivity index (χ1) is 28.5. The van der Waals surface area contributed by atoms with E-state index in [1.165, 1.54) is 71.6 Å². The molecule has 0 atom stereocenters. The highest BCUT2D eigenvalue weighted by Crippen LogP contribution is 2.41. The van der Waals surface area contributed by atoms with Gasteiger partial charge in [0.2, 0.25) is 0 Å². The smallest absolute Gasteiger partial charge is 0.0541 e. The molecule has 59 heavy (non-hydrogen) atoms. The fourth-order valence-corrected chi connectivity index (χ4v) is 8.82. The van der Waals surface area contributed by atoms with E-state index in [0.29, 0.717) is 0 Å². The Bertz CT molecular complexity index is 3060. The monoisotopic (exact) mass is 763 g/mol. The van der Waals surface area contributed by atoms with Crippen molar-refractivity contribution in [2.45, 2.75) is 52.4 Å². The summed E-state index contributed by atoms with van der Waals surface area (Å²) < 4.78 is 4.80. The molecular formula is C56H49N3. The SMILES string of the molecule is CC(C)(C)c1ccc2c(c1)c1cc(C(C)(C)C)ccc1n2-c1ccc(N(c2ccccc2)c2ccc(-c3ccc4c(c3)c3ccccc3n4-c3ccccc3)cc2)cc1. The molecule has 0 amide bonds. The average Bonchev–Trinajstić information content (AvgIpc) is 3.76. The lowest BCUT2D eigenvalue weighted by molar-refractivity contribution is 0.590. The highest BCUT2D eigenvalue weighted by atomic mass is 15.1. The number of anilines is 3. The van der Waals surface area contributed by atoms with Crippen LogP contribution in [0, 0.1) is 0 Å². The van der Waals surface area contributed by atoms with E-state index in [2.05, 4.69) is 244 Å². The highest BCUT2D eigenvalue weighted by Gasteiger charge is 2.22. The summed E-state index contributed by atoms with van der Waals surface area (Å²) in [6.45, 7) is 13.8. The zero-order chi connectivity index (χ0) is 40.5. The van der Waals surface area contributed by atoms with Crippen LogP contribution < -0.4 is 4.90 Å². The predicted octanol–water partition coefficient (Wildman–Crippen LogP) is 15.6. The molecule has 2 aromatic heterocycles. The van der Waals surface area contributed by atoms with Gasteiger partial charge < -0.3 is 14.0 Å². The van der Waals surface area contributed by atoms with Crippen molar-refractivity contribution < 1.29 is 0 Å². The van der Waals surface area contributed by atoms with Crippen molar-refractivity contribution in [1.29, 1.82) is 0 Å². The van der Waals surface area contributed by atoms with Crippen LogP contribution in [0.5, 0.6) is 0 Å². The third-order valence-electron chi connectivity index (χ3n) is 12.0. The van der Waals surface area contributed by atoms with Crippen molar-refractivity contribution in [1.82, 2.24) is 9.13 Å². The number of nitrogens with zero attached hydrogens (tertiary/aromatic N) is 3. The summed E-state index contributed by atoms with van der Waals surface area (Å²) in [7, 11) is 0. The van der Waals surface area contributed by atoms with Gasteiger partial charge in [-0.3, -0.25) is 0 Å². The lowest BCUT2D eigenvalue weighted by Gasteiger charge is -2.26. The minimum Gasteiger partial charge on any atom is -0.311 e. The van der Waals surface area contributed by atoms with Crippen molar-refractivity contribution in [3.8, 4) is 22.5 Å². The molecule has 0 bridgehead atoms. The fraction of sp³-hybridized carbons (Fsp3) is 0.143. The van der Waals surface area contributed by atoms with Gasteiger partial charge in [0.25, 0.3) is 0 Å². The quantitative estimate of drug-likeness (QED) is 0.164. The average molecular weight is 764 g/mol.